The summed E-state index contributed by atoms with van der Waals surface area (Å²) in [7, 11) is 0. The normalized spacial score (nSPS) is 10.6. The molecular formula is C18H16N2O4. The molecule has 1 N–H and O–H groups in total. The summed E-state index contributed by atoms with van der Waals surface area (Å²) in [6.45, 7) is 3.90. The second kappa shape index (κ2) is 6.54. The van der Waals surface area contributed by atoms with Crippen molar-refractivity contribution in [1.82, 2.24) is 4.98 Å². The summed E-state index contributed by atoms with van der Waals surface area (Å²) in [5.41, 5.74) is 2.87. The van der Waals surface area contributed by atoms with E-state index in [0.29, 0.717) is 29.0 Å². The van der Waals surface area contributed by atoms with Gasteiger partial charge in [0.05, 0.1) is 12.2 Å². The van der Waals surface area contributed by atoms with Gasteiger partial charge >= 0.3 is 5.97 Å². The lowest BCUT2D eigenvalue weighted by atomic mass is 10.2. The van der Waals surface area contributed by atoms with Gasteiger partial charge in [0.25, 0.3) is 5.91 Å². The molecule has 0 radical (unpaired) electrons. The van der Waals surface area contributed by atoms with E-state index < -0.39 is 11.9 Å². The summed E-state index contributed by atoms with van der Waals surface area (Å²) in [5.74, 6) is -0.687. The van der Waals surface area contributed by atoms with Gasteiger partial charge in [0.2, 0.25) is 0 Å². The summed E-state index contributed by atoms with van der Waals surface area (Å²) in [5, 5.41) is 2.70. The number of benzene rings is 1. The maximum atomic E-state index is 12.3. The van der Waals surface area contributed by atoms with E-state index in [0.717, 1.165) is 5.69 Å². The first-order valence-corrected chi connectivity index (χ1v) is 7.52. The monoisotopic (exact) mass is 324 g/mol. The molecule has 3 rings (SSSR count). The molecule has 0 saturated heterocycles. The van der Waals surface area contributed by atoms with Crippen LogP contribution in [-0.4, -0.2) is 23.5 Å². The van der Waals surface area contributed by atoms with Gasteiger partial charge in [-0.3, -0.25) is 4.79 Å². The van der Waals surface area contributed by atoms with E-state index in [1.54, 1.807) is 43.3 Å². The molecular weight excluding hydrogens is 308 g/mol. The fraction of sp³-hybridized carbons (Fsp3) is 0.167. The number of pyridine rings is 1. The van der Waals surface area contributed by atoms with Gasteiger partial charge in [0.1, 0.15) is 5.52 Å². The lowest BCUT2D eigenvalue weighted by Gasteiger charge is -2.06. The van der Waals surface area contributed by atoms with Crippen molar-refractivity contribution >= 4 is 28.7 Å². The summed E-state index contributed by atoms with van der Waals surface area (Å²) < 4.78 is 10.5. The van der Waals surface area contributed by atoms with Crippen LogP contribution in [0.2, 0.25) is 0 Å². The number of amides is 1. The predicted octanol–water partition coefficient (Wildman–Crippen LogP) is 3.57. The Balaban J connectivity index is 1.80. The molecule has 24 heavy (non-hydrogen) atoms. The van der Waals surface area contributed by atoms with E-state index in [1.807, 2.05) is 13.0 Å². The van der Waals surface area contributed by atoms with Crippen molar-refractivity contribution in [3.63, 3.8) is 0 Å². The quantitative estimate of drug-likeness (QED) is 0.742. The van der Waals surface area contributed by atoms with Crippen molar-refractivity contribution in [2.45, 2.75) is 13.8 Å². The maximum absolute atomic E-state index is 12.3. The average molecular weight is 324 g/mol. The summed E-state index contributed by atoms with van der Waals surface area (Å²) in [4.78, 5) is 28.4. The zero-order valence-corrected chi connectivity index (χ0v) is 13.3. The topological polar surface area (TPSA) is 81.4 Å². The Hall–Kier alpha value is -3.15. The fourth-order valence-corrected chi connectivity index (χ4v) is 2.27. The lowest BCUT2D eigenvalue weighted by Crippen LogP contribution is -2.12. The number of ether oxygens (including phenoxy) is 1. The van der Waals surface area contributed by atoms with Crippen molar-refractivity contribution in [2.24, 2.45) is 0 Å². The molecule has 6 heteroatoms. The zero-order valence-electron chi connectivity index (χ0n) is 13.3. The standard InChI is InChI=1S/C18H16N2O4/c1-3-23-18(22)12-5-4-6-13(9-12)20-17(21)16-10-14-15(24-16)8-7-11(2)19-14/h4-10H,3H2,1-2H3,(H,20,21). The third kappa shape index (κ3) is 3.27. The van der Waals surface area contributed by atoms with Crippen molar-refractivity contribution in [3.05, 3.63) is 59.5 Å². The van der Waals surface area contributed by atoms with Crippen molar-refractivity contribution in [1.29, 1.82) is 0 Å². The van der Waals surface area contributed by atoms with Crippen LogP contribution < -0.4 is 5.32 Å². The zero-order chi connectivity index (χ0) is 17.1. The Bertz CT molecular complexity index is 914. The Labute approximate surface area is 138 Å². The minimum Gasteiger partial charge on any atom is -0.462 e. The van der Waals surface area contributed by atoms with Gasteiger partial charge in [0, 0.05) is 17.4 Å². The molecule has 0 aliphatic carbocycles. The molecule has 0 aliphatic rings. The van der Waals surface area contributed by atoms with Gasteiger partial charge in [-0.1, -0.05) is 6.07 Å². The summed E-state index contributed by atoms with van der Waals surface area (Å²) in [6, 6.07) is 11.7. The van der Waals surface area contributed by atoms with Crippen LogP contribution in [-0.2, 0) is 4.74 Å². The van der Waals surface area contributed by atoms with Gasteiger partial charge in [-0.25, -0.2) is 9.78 Å². The van der Waals surface area contributed by atoms with Gasteiger partial charge in [0.15, 0.2) is 11.3 Å². The number of hydrogen-bond donors (Lipinski definition) is 1. The molecule has 0 bridgehead atoms. The van der Waals surface area contributed by atoms with Crippen LogP contribution in [0, 0.1) is 6.92 Å². The highest BCUT2D eigenvalue weighted by Gasteiger charge is 2.14. The van der Waals surface area contributed by atoms with Gasteiger partial charge in [-0.05, 0) is 44.2 Å². The molecule has 1 amide bonds. The number of aryl methyl sites for hydroxylation is 1. The van der Waals surface area contributed by atoms with Crippen LogP contribution in [0.4, 0.5) is 5.69 Å². The van der Waals surface area contributed by atoms with Crippen molar-refractivity contribution in [2.75, 3.05) is 11.9 Å². The first-order valence-electron chi connectivity index (χ1n) is 7.52. The van der Waals surface area contributed by atoms with Crippen LogP contribution in [0.3, 0.4) is 0 Å². The number of aromatic nitrogens is 1. The van der Waals surface area contributed by atoms with E-state index in [-0.39, 0.29) is 5.76 Å². The second-order valence-electron chi connectivity index (χ2n) is 5.20. The van der Waals surface area contributed by atoms with E-state index in [9.17, 15) is 9.59 Å². The number of carbonyl (C=O) groups excluding carboxylic acids is 2. The number of furan rings is 1. The van der Waals surface area contributed by atoms with Crippen molar-refractivity contribution < 1.29 is 18.7 Å². The Morgan fingerprint density at radius 3 is 2.83 bits per heavy atom. The molecule has 2 aromatic heterocycles. The number of nitrogens with one attached hydrogen (secondary N) is 1. The minimum atomic E-state index is -0.433. The minimum absolute atomic E-state index is 0.157. The number of anilines is 1. The molecule has 6 nitrogen and oxygen atoms in total. The first kappa shape index (κ1) is 15.7. The molecule has 0 aliphatic heterocycles. The Morgan fingerprint density at radius 2 is 2.04 bits per heavy atom. The van der Waals surface area contributed by atoms with Crippen LogP contribution in [0.25, 0.3) is 11.1 Å². The van der Waals surface area contributed by atoms with Crippen molar-refractivity contribution in [3.8, 4) is 0 Å². The predicted molar refractivity (Wildman–Crippen MR) is 89.1 cm³/mol. The van der Waals surface area contributed by atoms with Gasteiger partial charge in [-0.2, -0.15) is 0 Å². The Kier molecular flexibility index (Phi) is 4.29. The van der Waals surface area contributed by atoms with E-state index in [2.05, 4.69) is 10.3 Å². The third-order valence-corrected chi connectivity index (χ3v) is 3.37. The molecule has 1 aromatic carbocycles. The Morgan fingerprint density at radius 1 is 1.21 bits per heavy atom. The smallest absolute Gasteiger partial charge is 0.338 e. The first-order chi connectivity index (χ1) is 11.6. The number of hydrogen-bond acceptors (Lipinski definition) is 5. The highest BCUT2D eigenvalue weighted by atomic mass is 16.5. The van der Waals surface area contributed by atoms with Crippen LogP contribution in [0.5, 0.6) is 0 Å². The molecule has 0 saturated carbocycles. The van der Waals surface area contributed by atoms with E-state index >= 15 is 0 Å². The van der Waals surface area contributed by atoms with Gasteiger partial charge < -0.3 is 14.5 Å². The number of nitrogens with zero attached hydrogens (tertiary/aromatic N) is 1. The summed E-state index contributed by atoms with van der Waals surface area (Å²) in [6.07, 6.45) is 0. The molecule has 0 fully saturated rings. The van der Waals surface area contributed by atoms with E-state index in [4.69, 9.17) is 9.15 Å². The highest BCUT2D eigenvalue weighted by molar-refractivity contribution is 6.04. The lowest BCUT2D eigenvalue weighted by molar-refractivity contribution is 0.0526. The van der Waals surface area contributed by atoms with E-state index in [1.165, 1.54) is 0 Å². The van der Waals surface area contributed by atoms with Crippen LogP contribution in [0.1, 0.15) is 33.5 Å². The second-order valence-corrected chi connectivity index (χ2v) is 5.20. The molecule has 0 spiro atoms. The average Bonchev–Trinajstić information content (AvgIpc) is 2.98. The number of rotatable bonds is 4. The molecule has 122 valence electrons. The maximum Gasteiger partial charge on any atom is 0.338 e. The largest absolute Gasteiger partial charge is 0.462 e. The number of carbonyl (C=O) groups is 2. The fourth-order valence-electron chi connectivity index (χ4n) is 2.27. The SMILES string of the molecule is CCOC(=O)c1cccc(NC(=O)c2cc3nc(C)ccc3o2)c1. The number of fused-ring (bicyclic) bond motifs is 1. The molecule has 0 unspecified atom stereocenters. The molecule has 0 atom stereocenters. The number of esters is 1. The molecule has 3 aromatic rings. The van der Waals surface area contributed by atoms with Crippen LogP contribution in [0.15, 0.2) is 46.9 Å². The van der Waals surface area contributed by atoms with Crippen LogP contribution >= 0.6 is 0 Å². The van der Waals surface area contributed by atoms with Gasteiger partial charge in [-0.15, -0.1) is 0 Å². The third-order valence-electron chi connectivity index (χ3n) is 3.37. The highest BCUT2D eigenvalue weighted by Crippen LogP contribution is 2.19. The summed E-state index contributed by atoms with van der Waals surface area (Å²) >= 11 is 0. The molecule has 2 heterocycles.